The molecule has 0 aromatic carbocycles. The normalized spacial score (nSPS) is 9.53. The zero-order valence-corrected chi connectivity index (χ0v) is 19.1. The van der Waals surface area contributed by atoms with Gasteiger partial charge in [-0.15, -0.1) is 24.8 Å². The fourth-order valence-electron chi connectivity index (χ4n) is 1.96. The summed E-state index contributed by atoms with van der Waals surface area (Å²) in [4.78, 5) is 31.9. The molecule has 0 fully saturated rings. The molecule has 14 heteroatoms. The van der Waals surface area contributed by atoms with Crippen LogP contribution < -0.4 is 33.2 Å². The van der Waals surface area contributed by atoms with Crippen molar-refractivity contribution in [2.24, 2.45) is 11.7 Å². The number of amides is 2. The Hall–Kier alpha value is -1.96. The maximum atomic E-state index is 11.9. The summed E-state index contributed by atoms with van der Waals surface area (Å²) in [5.74, 6) is 12.6. The standard InChI is InChI=1S/C16H22N8O2S2.2ClH/c17-23-13-3-1-11(9-21-13)15(25)19-5-7-27-28-8-6-20-16(26)12-2-4-14(24-18)22-10-12;;/h1-4,9-10H,5-8,17-18H2,(H,19,25)(H,20,26)(H,21,23)(H,22,24);2*1H. The molecule has 0 aliphatic carbocycles. The van der Waals surface area contributed by atoms with E-state index in [1.807, 2.05) is 0 Å². The predicted octanol–water partition coefficient (Wildman–Crippen LogP) is 1.43. The number of carbonyl (C=O) groups is 2. The first-order chi connectivity index (χ1) is 13.6. The largest absolute Gasteiger partial charge is 0.351 e. The number of hydrogen-bond donors (Lipinski definition) is 6. The quantitative estimate of drug-likeness (QED) is 0.116. The fourth-order valence-corrected chi connectivity index (χ4v) is 3.78. The number of anilines is 2. The zero-order chi connectivity index (χ0) is 20.2. The lowest BCUT2D eigenvalue weighted by Gasteiger charge is -2.07. The number of hydrogen-bond acceptors (Lipinski definition) is 10. The van der Waals surface area contributed by atoms with Crippen LogP contribution >= 0.6 is 46.4 Å². The number of halogens is 2. The summed E-state index contributed by atoms with van der Waals surface area (Å²) in [6.45, 7) is 1.07. The number of pyridine rings is 2. The minimum absolute atomic E-state index is 0. The van der Waals surface area contributed by atoms with Crippen LogP contribution in [0.3, 0.4) is 0 Å². The minimum Gasteiger partial charge on any atom is -0.351 e. The number of carbonyl (C=O) groups excluding carboxylic acids is 2. The number of nitrogens with one attached hydrogen (secondary N) is 4. The molecule has 10 nitrogen and oxygen atoms in total. The summed E-state index contributed by atoms with van der Waals surface area (Å²) in [5, 5.41) is 5.64. The molecule has 2 rings (SSSR count). The predicted molar refractivity (Wildman–Crippen MR) is 128 cm³/mol. The molecular weight excluding hydrogens is 471 g/mol. The average molecular weight is 495 g/mol. The highest BCUT2D eigenvalue weighted by Gasteiger charge is 2.06. The molecule has 166 valence electrons. The second kappa shape index (κ2) is 15.8. The van der Waals surface area contributed by atoms with Crippen molar-refractivity contribution >= 4 is 69.9 Å². The molecule has 8 N–H and O–H groups in total. The first-order valence-electron chi connectivity index (χ1n) is 8.30. The van der Waals surface area contributed by atoms with Gasteiger partial charge in [0.1, 0.15) is 11.6 Å². The van der Waals surface area contributed by atoms with Crippen LogP contribution in [0.4, 0.5) is 11.6 Å². The Morgan fingerprint density at radius 2 is 1.17 bits per heavy atom. The summed E-state index contributed by atoms with van der Waals surface area (Å²) >= 11 is 0. The lowest BCUT2D eigenvalue weighted by molar-refractivity contribution is 0.0947. The molecule has 2 aromatic rings. The van der Waals surface area contributed by atoms with E-state index >= 15 is 0 Å². The fraction of sp³-hybridized carbons (Fsp3) is 0.250. The van der Waals surface area contributed by atoms with Gasteiger partial charge in [-0.1, -0.05) is 21.6 Å². The first kappa shape index (κ1) is 28.0. The molecule has 0 aliphatic heterocycles. The number of nitrogens with two attached hydrogens (primary N) is 2. The second-order valence-corrected chi connectivity index (χ2v) is 8.01. The first-order valence-corrected chi connectivity index (χ1v) is 10.8. The summed E-state index contributed by atoms with van der Waals surface area (Å²) in [5.41, 5.74) is 5.76. The van der Waals surface area contributed by atoms with Crippen LogP contribution in [0.5, 0.6) is 0 Å². The number of nitrogens with zero attached hydrogens (tertiary/aromatic N) is 2. The molecule has 0 bridgehead atoms. The van der Waals surface area contributed by atoms with Gasteiger partial charge in [0.05, 0.1) is 11.1 Å². The van der Waals surface area contributed by atoms with E-state index in [1.54, 1.807) is 45.9 Å². The van der Waals surface area contributed by atoms with Gasteiger partial charge in [0.2, 0.25) is 0 Å². The molecule has 0 spiro atoms. The van der Waals surface area contributed by atoms with Crippen LogP contribution in [0.2, 0.25) is 0 Å². The van der Waals surface area contributed by atoms with Crippen molar-refractivity contribution in [1.29, 1.82) is 0 Å². The van der Waals surface area contributed by atoms with E-state index in [-0.39, 0.29) is 36.6 Å². The van der Waals surface area contributed by atoms with Crippen LogP contribution in [0.15, 0.2) is 36.7 Å². The Kier molecular flexibility index (Phi) is 14.8. The van der Waals surface area contributed by atoms with E-state index in [4.69, 9.17) is 11.7 Å². The van der Waals surface area contributed by atoms with Gasteiger partial charge >= 0.3 is 0 Å². The van der Waals surface area contributed by atoms with Gasteiger partial charge in [-0.05, 0) is 24.3 Å². The summed E-state index contributed by atoms with van der Waals surface area (Å²) in [7, 11) is 3.25. The maximum Gasteiger partial charge on any atom is 0.252 e. The number of rotatable bonds is 11. The Morgan fingerprint density at radius 3 is 1.47 bits per heavy atom. The topological polar surface area (TPSA) is 160 Å². The Labute approximate surface area is 194 Å². The maximum absolute atomic E-state index is 11.9. The summed E-state index contributed by atoms with van der Waals surface area (Å²) in [6.07, 6.45) is 2.93. The Balaban J connectivity index is 0.00000420. The van der Waals surface area contributed by atoms with Crippen molar-refractivity contribution in [3.8, 4) is 0 Å². The third-order valence-corrected chi connectivity index (χ3v) is 5.78. The van der Waals surface area contributed by atoms with Crippen molar-refractivity contribution in [3.63, 3.8) is 0 Å². The van der Waals surface area contributed by atoms with Gasteiger partial charge in [-0.3, -0.25) is 9.59 Å². The monoisotopic (exact) mass is 494 g/mol. The average Bonchev–Trinajstić information content (AvgIpc) is 2.75. The third kappa shape index (κ3) is 9.69. The molecular formula is C16H24Cl2N8O2S2. The Morgan fingerprint density at radius 1 is 0.767 bits per heavy atom. The van der Waals surface area contributed by atoms with Gasteiger partial charge in [0.25, 0.3) is 11.8 Å². The van der Waals surface area contributed by atoms with Crippen molar-refractivity contribution in [3.05, 3.63) is 47.8 Å². The van der Waals surface area contributed by atoms with E-state index < -0.39 is 0 Å². The number of aromatic nitrogens is 2. The highest BCUT2D eigenvalue weighted by atomic mass is 35.5. The van der Waals surface area contributed by atoms with E-state index in [9.17, 15) is 9.59 Å². The highest BCUT2D eigenvalue weighted by molar-refractivity contribution is 8.76. The third-order valence-electron chi connectivity index (χ3n) is 3.37. The van der Waals surface area contributed by atoms with Gasteiger partial charge in [-0.25, -0.2) is 21.7 Å². The van der Waals surface area contributed by atoms with Crippen molar-refractivity contribution in [2.45, 2.75) is 0 Å². The lowest BCUT2D eigenvalue weighted by atomic mass is 10.2. The van der Waals surface area contributed by atoms with Crippen LogP contribution in [0, 0.1) is 0 Å². The van der Waals surface area contributed by atoms with E-state index in [0.717, 1.165) is 11.5 Å². The van der Waals surface area contributed by atoms with Gasteiger partial charge in [-0.2, -0.15) is 0 Å². The second-order valence-electron chi connectivity index (χ2n) is 5.31. The summed E-state index contributed by atoms with van der Waals surface area (Å²) in [6, 6.07) is 6.57. The highest BCUT2D eigenvalue weighted by Crippen LogP contribution is 2.19. The Bertz CT molecular complexity index is 703. The van der Waals surface area contributed by atoms with E-state index in [2.05, 4.69) is 31.5 Å². The molecule has 0 aliphatic rings. The number of nitrogen functional groups attached to an aromatic ring is 2. The van der Waals surface area contributed by atoms with Gasteiger partial charge in [0, 0.05) is 37.0 Å². The molecule has 0 unspecified atom stereocenters. The van der Waals surface area contributed by atoms with Crippen LogP contribution in [-0.4, -0.2) is 46.4 Å². The molecule has 30 heavy (non-hydrogen) atoms. The molecule has 0 saturated heterocycles. The van der Waals surface area contributed by atoms with Crippen LogP contribution in [0.25, 0.3) is 0 Å². The van der Waals surface area contributed by atoms with Crippen molar-refractivity contribution < 1.29 is 9.59 Å². The van der Waals surface area contributed by atoms with Gasteiger partial charge in [0.15, 0.2) is 0 Å². The summed E-state index contributed by atoms with van der Waals surface area (Å²) < 4.78 is 0. The van der Waals surface area contributed by atoms with E-state index in [1.165, 1.54) is 12.4 Å². The molecule has 0 radical (unpaired) electrons. The smallest absolute Gasteiger partial charge is 0.252 e. The van der Waals surface area contributed by atoms with Crippen molar-refractivity contribution in [1.82, 2.24) is 20.6 Å². The molecule has 0 saturated carbocycles. The lowest BCUT2D eigenvalue weighted by Crippen LogP contribution is -2.26. The van der Waals surface area contributed by atoms with Crippen LogP contribution in [-0.2, 0) is 0 Å². The molecule has 0 atom stereocenters. The van der Waals surface area contributed by atoms with Gasteiger partial charge < -0.3 is 21.5 Å². The van der Waals surface area contributed by atoms with Crippen molar-refractivity contribution in [2.75, 3.05) is 35.4 Å². The minimum atomic E-state index is -0.182. The molecule has 2 heterocycles. The number of hydrazine groups is 2. The SMILES string of the molecule is Cl.Cl.NNc1ccc(C(=O)NCCSSCCNC(=O)c2ccc(NN)nc2)cn1. The molecule has 2 amide bonds. The molecule has 2 aromatic heterocycles. The van der Waals surface area contributed by atoms with Crippen LogP contribution in [0.1, 0.15) is 20.7 Å². The zero-order valence-electron chi connectivity index (χ0n) is 15.8. The van der Waals surface area contributed by atoms with E-state index in [0.29, 0.717) is 35.9 Å².